The number of carbonyl (C=O) groups excluding carboxylic acids is 1. The normalized spacial score (nSPS) is 19.3. The van der Waals surface area contributed by atoms with Gasteiger partial charge in [0.1, 0.15) is 11.3 Å². The molecule has 0 spiro atoms. The maximum Gasteiger partial charge on any atom is 0.258 e. The number of halogens is 2. The number of nitrogens with zero attached hydrogens (tertiary/aromatic N) is 3. The quantitative estimate of drug-likeness (QED) is 0.706. The molecule has 0 aliphatic carbocycles. The van der Waals surface area contributed by atoms with Gasteiger partial charge in [0.05, 0.1) is 5.56 Å². The molecule has 1 amide bonds. The van der Waals surface area contributed by atoms with Crippen molar-refractivity contribution in [3.8, 4) is 0 Å². The lowest BCUT2D eigenvalue weighted by molar-refractivity contribution is 0.102. The van der Waals surface area contributed by atoms with Crippen LogP contribution >= 0.6 is 0 Å². The Morgan fingerprint density at radius 2 is 2.03 bits per heavy atom. The summed E-state index contributed by atoms with van der Waals surface area (Å²) in [7, 11) is 0. The van der Waals surface area contributed by atoms with E-state index >= 15 is 0 Å². The fourth-order valence-electron chi connectivity index (χ4n) is 4.48. The molecule has 1 aromatic heterocycles. The number of hydrogen-bond acceptors (Lipinski definition) is 5. The molecule has 6 nitrogen and oxygen atoms in total. The largest absolute Gasteiger partial charge is 0.441 e. The summed E-state index contributed by atoms with van der Waals surface area (Å²) < 4.78 is 34.3. The van der Waals surface area contributed by atoms with Crippen LogP contribution in [0, 0.1) is 18.6 Å². The molecule has 0 saturated carbocycles. The summed E-state index contributed by atoms with van der Waals surface area (Å²) in [5.41, 5.74) is 1.20. The average Bonchev–Trinajstić information content (AvgIpc) is 3.33. The number of piperazine rings is 1. The molecule has 2 fully saturated rings. The van der Waals surface area contributed by atoms with Gasteiger partial charge in [-0.25, -0.2) is 13.8 Å². The molecule has 3 aromatic rings. The van der Waals surface area contributed by atoms with Crippen LogP contribution in [0.15, 0.2) is 34.7 Å². The minimum absolute atomic E-state index is 0.0903. The van der Waals surface area contributed by atoms with Gasteiger partial charge in [-0.15, -0.1) is 0 Å². The number of rotatable bonds is 3. The zero-order valence-corrected chi connectivity index (χ0v) is 16.6. The summed E-state index contributed by atoms with van der Waals surface area (Å²) in [6.07, 6.45) is 2.39. The Morgan fingerprint density at radius 1 is 1.17 bits per heavy atom. The van der Waals surface area contributed by atoms with Crippen molar-refractivity contribution in [3.63, 3.8) is 0 Å². The Morgan fingerprint density at radius 3 is 2.87 bits per heavy atom. The van der Waals surface area contributed by atoms with Crippen LogP contribution in [0.2, 0.25) is 0 Å². The third-order valence-corrected chi connectivity index (χ3v) is 5.96. The van der Waals surface area contributed by atoms with E-state index in [9.17, 15) is 13.6 Å². The van der Waals surface area contributed by atoms with E-state index in [2.05, 4.69) is 20.1 Å². The lowest BCUT2D eigenvalue weighted by Crippen LogP contribution is -2.50. The minimum atomic E-state index is -0.644. The predicted molar refractivity (Wildman–Crippen MR) is 110 cm³/mol. The summed E-state index contributed by atoms with van der Waals surface area (Å²) in [5.74, 6) is -1.53. The number of carbonyl (C=O) groups is 1. The first kappa shape index (κ1) is 19.0. The Labute approximate surface area is 172 Å². The second kappa shape index (κ2) is 7.36. The molecule has 8 heteroatoms. The van der Waals surface area contributed by atoms with Gasteiger partial charge in [0, 0.05) is 50.0 Å². The van der Waals surface area contributed by atoms with E-state index in [1.165, 1.54) is 31.0 Å². The van der Waals surface area contributed by atoms with E-state index in [0.717, 1.165) is 37.9 Å². The van der Waals surface area contributed by atoms with Crippen molar-refractivity contribution < 1.29 is 18.0 Å². The number of oxazole rings is 1. The molecule has 2 aliphatic rings. The SMILES string of the molecule is Cc1nc2c(F)cc(NC(=O)c3ccc(N4CCN5CCC[C@@H]5C4)cc3F)cc2o1. The van der Waals surface area contributed by atoms with Crippen molar-refractivity contribution in [1.82, 2.24) is 9.88 Å². The summed E-state index contributed by atoms with van der Waals surface area (Å²) in [6, 6.07) is 7.80. The van der Waals surface area contributed by atoms with Crippen molar-refractivity contribution in [1.29, 1.82) is 0 Å². The Balaban J connectivity index is 1.33. The molecule has 0 unspecified atom stereocenters. The topological polar surface area (TPSA) is 61.6 Å². The average molecular weight is 412 g/mol. The van der Waals surface area contributed by atoms with Gasteiger partial charge in [0.25, 0.3) is 5.91 Å². The number of fused-ring (bicyclic) bond motifs is 2. The highest BCUT2D eigenvalue weighted by molar-refractivity contribution is 6.05. The second-order valence-electron chi connectivity index (χ2n) is 7.93. The fourth-order valence-corrected chi connectivity index (χ4v) is 4.48. The molecule has 2 saturated heterocycles. The molecule has 3 heterocycles. The number of aromatic nitrogens is 1. The third-order valence-electron chi connectivity index (χ3n) is 5.96. The van der Waals surface area contributed by atoms with Gasteiger partial charge in [0.2, 0.25) is 0 Å². The predicted octanol–water partition coefficient (Wildman–Crippen LogP) is 3.95. The van der Waals surface area contributed by atoms with Crippen LogP contribution in [0.1, 0.15) is 29.1 Å². The molecule has 1 atom stereocenters. The second-order valence-corrected chi connectivity index (χ2v) is 7.93. The fraction of sp³-hybridized carbons (Fsp3) is 0.364. The van der Waals surface area contributed by atoms with Crippen molar-refractivity contribution in [2.24, 2.45) is 0 Å². The number of aryl methyl sites for hydroxylation is 1. The molecule has 2 aromatic carbocycles. The smallest absolute Gasteiger partial charge is 0.258 e. The molecule has 0 radical (unpaired) electrons. The maximum absolute atomic E-state index is 14.8. The summed E-state index contributed by atoms with van der Waals surface area (Å²) >= 11 is 0. The standard InChI is InChI=1S/C22H22F2N4O2/c1-13-25-21-19(24)9-14(10-20(21)30-13)26-22(29)17-5-4-15(11-18(17)23)28-8-7-27-6-2-3-16(27)12-28/h4-5,9-11,16H,2-3,6-8,12H2,1H3,(H,26,29)/t16-/m1/s1. The van der Waals surface area contributed by atoms with Crippen LogP contribution in [0.25, 0.3) is 11.1 Å². The first-order valence-electron chi connectivity index (χ1n) is 10.1. The van der Waals surface area contributed by atoms with Crippen LogP contribution in [0.4, 0.5) is 20.2 Å². The number of nitrogens with one attached hydrogen (secondary N) is 1. The maximum atomic E-state index is 14.8. The van der Waals surface area contributed by atoms with Crippen LogP contribution < -0.4 is 10.2 Å². The lowest BCUT2D eigenvalue weighted by Gasteiger charge is -2.38. The Bertz CT molecular complexity index is 1130. The van der Waals surface area contributed by atoms with Gasteiger partial charge >= 0.3 is 0 Å². The van der Waals surface area contributed by atoms with E-state index in [-0.39, 0.29) is 22.4 Å². The van der Waals surface area contributed by atoms with Gasteiger partial charge < -0.3 is 14.6 Å². The van der Waals surface area contributed by atoms with Crippen LogP contribution in [-0.2, 0) is 0 Å². The number of hydrogen-bond donors (Lipinski definition) is 1. The zero-order valence-electron chi connectivity index (χ0n) is 16.6. The zero-order chi connectivity index (χ0) is 20.8. The van der Waals surface area contributed by atoms with Gasteiger partial charge in [-0.3, -0.25) is 9.69 Å². The number of anilines is 2. The summed E-state index contributed by atoms with van der Waals surface area (Å²) in [6.45, 7) is 5.45. The summed E-state index contributed by atoms with van der Waals surface area (Å²) in [5, 5.41) is 2.54. The Kier molecular flexibility index (Phi) is 4.66. The first-order valence-corrected chi connectivity index (χ1v) is 10.1. The molecule has 30 heavy (non-hydrogen) atoms. The number of benzene rings is 2. The van der Waals surface area contributed by atoms with Gasteiger partial charge in [0.15, 0.2) is 17.3 Å². The third kappa shape index (κ3) is 3.41. The van der Waals surface area contributed by atoms with Crippen molar-refractivity contribution in [2.45, 2.75) is 25.8 Å². The molecule has 156 valence electrons. The van der Waals surface area contributed by atoms with E-state index in [1.807, 2.05) is 0 Å². The highest BCUT2D eigenvalue weighted by Gasteiger charge is 2.31. The molecule has 2 aliphatic heterocycles. The first-order chi connectivity index (χ1) is 14.5. The van der Waals surface area contributed by atoms with E-state index < -0.39 is 17.5 Å². The van der Waals surface area contributed by atoms with E-state index in [0.29, 0.717) is 11.9 Å². The van der Waals surface area contributed by atoms with E-state index in [4.69, 9.17) is 4.42 Å². The molecular weight excluding hydrogens is 390 g/mol. The molecule has 1 N–H and O–H groups in total. The highest BCUT2D eigenvalue weighted by atomic mass is 19.1. The van der Waals surface area contributed by atoms with Gasteiger partial charge in [-0.05, 0) is 43.7 Å². The Hall–Kier alpha value is -3.00. The van der Waals surface area contributed by atoms with Crippen molar-refractivity contribution >= 4 is 28.4 Å². The molecule has 0 bridgehead atoms. The van der Waals surface area contributed by atoms with Crippen LogP contribution in [-0.4, -0.2) is 48.0 Å². The van der Waals surface area contributed by atoms with Crippen molar-refractivity contribution in [3.05, 3.63) is 53.4 Å². The molecule has 5 rings (SSSR count). The highest BCUT2D eigenvalue weighted by Crippen LogP contribution is 2.28. The van der Waals surface area contributed by atoms with Crippen LogP contribution in [0.3, 0.4) is 0 Å². The summed E-state index contributed by atoms with van der Waals surface area (Å²) in [4.78, 5) is 21.2. The van der Waals surface area contributed by atoms with Crippen molar-refractivity contribution in [2.75, 3.05) is 36.4 Å². The lowest BCUT2D eigenvalue weighted by atomic mass is 10.1. The molecular formula is C22H22F2N4O2. The number of amides is 1. The minimum Gasteiger partial charge on any atom is -0.441 e. The van der Waals surface area contributed by atoms with Gasteiger partial charge in [-0.2, -0.15) is 0 Å². The van der Waals surface area contributed by atoms with Crippen LogP contribution in [0.5, 0.6) is 0 Å². The van der Waals surface area contributed by atoms with E-state index in [1.54, 1.807) is 13.0 Å². The monoisotopic (exact) mass is 412 g/mol. The van der Waals surface area contributed by atoms with Gasteiger partial charge in [-0.1, -0.05) is 0 Å².